The second-order valence-corrected chi connectivity index (χ2v) is 6.77. The Morgan fingerprint density at radius 3 is 2.53 bits per heavy atom. The van der Waals surface area contributed by atoms with Crippen molar-refractivity contribution in [3.8, 4) is 0 Å². The van der Waals surface area contributed by atoms with Gasteiger partial charge in [0.2, 0.25) is 5.91 Å². The van der Waals surface area contributed by atoms with E-state index in [-0.39, 0.29) is 25.3 Å². The number of carbonyl (C=O) groups is 4. The Hall–Kier alpha value is -3.75. The average Bonchev–Trinajstić information content (AvgIpc) is 3.15. The fraction of sp³-hybridized carbons (Fsp3) is 0.286. The highest BCUT2D eigenvalue weighted by atomic mass is 16.6. The summed E-state index contributed by atoms with van der Waals surface area (Å²) in [7, 11) is 0. The highest BCUT2D eigenvalue weighted by Crippen LogP contribution is 2.25. The van der Waals surface area contributed by atoms with Gasteiger partial charge in [0, 0.05) is 12.6 Å². The molecule has 0 spiro atoms. The van der Waals surface area contributed by atoms with E-state index in [2.05, 4.69) is 4.98 Å². The first-order chi connectivity index (χ1) is 14.4. The molecule has 2 aromatic rings. The molecule has 9 nitrogen and oxygen atoms in total. The number of benzene rings is 1. The van der Waals surface area contributed by atoms with Crippen molar-refractivity contribution in [1.29, 1.82) is 0 Å². The number of nitrogens with zero attached hydrogens (tertiary/aromatic N) is 3. The van der Waals surface area contributed by atoms with Crippen LogP contribution >= 0.6 is 0 Å². The van der Waals surface area contributed by atoms with Gasteiger partial charge in [-0.25, -0.2) is 19.5 Å². The molecule has 1 N–H and O–H groups in total. The van der Waals surface area contributed by atoms with E-state index >= 15 is 0 Å². The van der Waals surface area contributed by atoms with E-state index < -0.39 is 36.0 Å². The first-order valence-electron chi connectivity index (χ1n) is 9.39. The minimum absolute atomic E-state index is 0.0195. The molecule has 0 bridgehead atoms. The number of ether oxygens (including phenoxy) is 1. The lowest BCUT2D eigenvalue weighted by Gasteiger charge is -2.30. The molecule has 0 aliphatic carbocycles. The molecular formula is C21H21N3O6. The highest BCUT2D eigenvalue weighted by molar-refractivity contribution is 6.07. The zero-order valence-corrected chi connectivity index (χ0v) is 16.3. The maximum Gasteiger partial charge on any atom is 0.417 e. The fourth-order valence-electron chi connectivity index (χ4n) is 3.20. The normalized spacial score (nSPS) is 16.8. The molecule has 2 atom stereocenters. The van der Waals surface area contributed by atoms with E-state index in [9.17, 15) is 24.3 Å². The Bertz CT molecular complexity index is 934. The van der Waals surface area contributed by atoms with Gasteiger partial charge in [-0.15, -0.1) is 0 Å². The standard InChI is InChI=1S/C21H21N3O6/c1-14(20(27)28)23(17-9-5-6-12-22-17)19(26)16-10-11-18(25)24(16)21(29)30-13-15-7-3-2-4-8-15/h2-9,12,14,16H,10-11,13H2,1H3,(H,27,28)/t14-,16-/m0/s1. The number of hydrogen-bond donors (Lipinski definition) is 1. The number of hydrogen-bond acceptors (Lipinski definition) is 6. The lowest BCUT2D eigenvalue weighted by Crippen LogP contribution is -2.53. The van der Waals surface area contributed by atoms with Crippen LogP contribution in [-0.4, -0.2) is 51.0 Å². The van der Waals surface area contributed by atoms with E-state index in [1.807, 2.05) is 6.07 Å². The van der Waals surface area contributed by atoms with E-state index in [4.69, 9.17) is 4.74 Å². The number of rotatable bonds is 6. The Morgan fingerprint density at radius 1 is 1.20 bits per heavy atom. The number of pyridine rings is 1. The fourth-order valence-corrected chi connectivity index (χ4v) is 3.20. The number of imide groups is 1. The summed E-state index contributed by atoms with van der Waals surface area (Å²) in [5, 5.41) is 9.45. The zero-order valence-electron chi connectivity index (χ0n) is 16.3. The number of anilines is 1. The molecule has 1 saturated heterocycles. The molecule has 9 heteroatoms. The predicted octanol–water partition coefficient (Wildman–Crippen LogP) is 2.22. The highest BCUT2D eigenvalue weighted by Gasteiger charge is 2.45. The van der Waals surface area contributed by atoms with Crippen LogP contribution in [0.3, 0.4) is 0 Å². The van der Waals surface area contributed by atoms with Crippen LogP contribution in [0.5, 0.6) is 0 Å². The first kappa shape index (κ1) is 21.0. The van der Waals surface area contributed by atoms with Crippen LogP contribution in [0.15, 0.2) is 54.7 Å². The van der Waals surface area contributed by atoms with Gasteiger partial charge < -0.3 is 9.84 Å². The topological polar surface area (TPSA) is 117 Å². The lowest BCUT2D eigenvalue weighted by atomic mass is 10.1. The molecule has 1 aliphatic rings. The molecule has 156 valence electrons. The molecule has 0 saturated carbocycles. The third kappa shape index (κ3) is 4.45. The van der Waals surface area contributed by atoms with Gasteiger partial charge in [0.25, 0.3) is 5.91 Å². The van der Waals surface area contributed by atoms with E-state index in [1.165, 1.54) is 19.2 Å². The summed E-state index contributed by atoms with van der Waals surface area (Å²) in [6.45, 7) is 1.28. The van der Waals surface area contributed by atoms with Gasteiger partial charge in [0.15, 0.2) is 0 Å². The number of likely N-dealkylation sites (tertiary alicyclic amines) is 1. The van der Waals surface area contributed by atoms with E-state index in [0.29, 0.717) is 0 Å². The number of amides is 3. The van der Waals surface area contributed by atoms with Crippen molar-refractivity contribution in [3.63, 3.8) is 0 Å². The summed E-state index contributed by atoms with van der Waals surface area (Å²) in [4.78, 5) is 55.6. The molecule has 1 aromatic heterocycles. The Labute approximate surface area is 172 Å². The van der Waals surface area contributed by atoms with E-state index in [1.54, 1.807) is 36.4 Å². The largest absolute Gasteiger partial charge is 0.480 e. The minimum atomic E-state index is -1.25. The van der Waals surface area contributed by atoms with Crippen molar-refractivity contribution in [2.24, 2.45) is 0 Å². The SMILES string of the molecule is C[C@@H](C(=O)O)N(C(=O)[C@@H]1CCC(=O)N1C(=O)OCc1ccccc1)c1ccccn1. The van der Waals surface area contributed by atoms with Gasteiger partial charge in [-0.1, -0.05) is 36.4 Å². The maximum atomic E-state index is 13.2. The monoisotopic (exact) mass is 411 g/mol. The molecular weight excluding hydrogens is 390 g/mol. The Morgan fingerprint density at radius 2 is 1.90 bits per heavy atom. The molecule has 1 fully saturated rings. The average molecular weight is 411 g/mol. The summed E-state index contributed by atoms with van der Waals surface area (Å²) in [6.07, 6.45) is 0.543. The van der Waals surface area contributed by atoms with Crippen molar-refractivity contribution in [3.05, 3.63) is 60.3 Å². The summed E-state index contributed by atoms with van der Waals surface area (Å²) in [5.74, 6) is -2.37. The van der Waals surface area contributed by atoms with Crippen LogP contribution in [0.2, 0.25) is 0 Å². The van der Waals surface area contributed by atoms with Gasteiger partial charge in [-0.05, 0) is 31.0 Å². The second-order valence-electron chi connectivity index (χ2n) is 6.77. The summed E-state index contributed by atoms with van der Waals surface area (Å²) in [6, 6.07) is 11.2. The maximum absolute atomic E-state index is 13.2. The van der Waals surface area contributed by atoms with Gasteiger partial charge in [0.05, 0.1) is 0 Å². The van der Waals surface area contributed by atoms with E-state index in [0.717, 1.165) is 15.4 Å². The molecule has 30 heavy (non-hydrogen) atoms. The molecule has 2 heterocycles. The molecule has 1 aromatic carbocycles. The van der Waals surface area contributed by atoms with Crippen LogP contribution in [0.25, 0.3) is 0 Å². The van der Waals surface area contributed by atoms with Crippen LogP contribution < -0.4 is 4.90 Å². The van der Waals surface area contributed by atoms with Crippen LogP contribution in [0.4, 0.5) is 10.6 Å². The van der Waals surface area contributed by atoms with Crippen molar-refractivity contribution < 1.29 is 29.0 Å². The summed E-state index contributed by atoms with van der Waals surface area (Å²) >= 11 is 0. The number of aliphatic carboxylic acids is 1. The number of carboxylic acids is 1. The third-order valence-electron chi connectivity index (χ3n) is 4.78. The molecule has 0 unspecified atom stereocenters. The number of aromatic nitrogens is 1. The van der Waals surface area contributed by atoms with Gasteiger partial charge in [-0.3, -0.25) is 14.5 Å². The molecule has 1 aliphatic heterocycles. The second kappa shape index (κ2) is 9.17. The van der Waals surface area contributed by atoms with Gasteiger partial charge >= 0.3 is 12.1 Å². The first-order valence-corrected chi connectivity index (χ1v) is 9.39. The smallest absolute Gasteiger partial charge is 0.417 e. The lowest BCUT2D eigenvalue weighted by molar-refractivity contribution is -0.140. The summed E-state index contributed by atoms with van der Waals surface area (Å²) < 4.78 is 5.22. The predicted molar refractivity (Wildman–Crippen MR) is 105 cm³/mol. The van der Waals surface area contributed by atoms with Crippen molar-refractivity contribution >= 4 is 29.7 Å². The number of carboxylic acid groups (broad SMARTS) is 1. The van der Waals surface area contributed by atoms with Crippen molar-refractivity contribution in [2.75, 3.05) is 4.90 Å². The van der Waals surface area contributed by atoms with Crippen LogP contribution in [-0.2, 0) is 25.7 Å². The number of carbonyl (C=O) groups excluding carboxylic acids is 3. The van der Waals surface area contributed by atoms with Crippen molar-refractivity contribution in [2.45, 2.75) is 38.5 Å². The van der Waals surface area contributed by atoms with Crippen LogP contribution in [0, 0.1) is 0 Å². The van der Waals surface area contributed by atoms with Gasteiger partial charge in [-0.2, -0.15) is 0 Å². The van der Waals surface area contributed by atoms with Crippen LogP contribution in [0.1, 0.15) is 25.3 Å². The quantitative estimate of drug-likeness (QED) is 0.774. The molecule has 3 rings (SSSR count). The van der Waals surface area contributed by atoms with Gasteiger partial charge in [0.1, 0.15) is 24.5 Å². The third-order valence-corrected chi connectivity index (χ3v) is 4.78. The Kier molecular flexibility index (Phi) is 6.41. The minimum Gasteiger partial charge on any atom is -0.480 e. The zero-order chi connectivity index (χ0) is 21.7. The molecule has 3 amide bonds. The van der Waals surface area contributed by atoms with Crippen molar-refractivity contribution in [1.82, 2.24) is 9.88 Å². The Balaban J connectivity index is 1.82. The summed E-state index contributed by atoms with van der Waals surface area (Å²) in [5.41, 5.74) is 0.731. The molecule has 0 radical (unpaired) electrons.